The van der Waals surface area contributed by atoms with Crippen LogP contribution >= 0.6 is 23.2 Å². The molecule has 1 rings (SSSR count). The zero-order chi connectivity index (χ0) is 13.0. The third kappa shape index (κ3) is 3.64. The number of ketones is 1. The van der Waals surface area contributed by atoms with Crippen molar-refractivity contribution in [2.45, 2.75) is 13.3 Å². The molecule has 92 valence electrons. The second-order valence-corrected chi connectivity index (χ2v) is 3.74. The van der Waals surface area contributed by atoms with Crippen LogP contribution in [0.15, 0.2) is 6.07 Å². The first-order valence-corrected chi connectivity index (χ1v) is 5.41. The zero-order valence-corrected chi connectivity index (χ0v) is 10.3. The van der Waals surface area contributed by atoms with Gasteiger partial charge in [-0.15, -0.1) is 0 Å². The van der Waals surface area contributed by atoms with E-state index in [9.17, 15) is 14.0 Å². The highest BCUT2D eigenvalue weighted by Gasteiger charge is 2.21. The van der Waals surface area contributed by atoms with E-state index >= 15 is 0 Å². The van der Waals surface area contributed by atoms with Gasteiger partial charge in [-0.3, -0.25) is 9.59 Å². The normalized spacial score (nSPS) is 10.1. The maximum atomic E-state index is 13.4. The number of carbonyl (C=O) groups is 2. The number of aromatic nitrogens is 1. The van der Waals surface area contributed by atoms with Crippen LogP contribution in [0.1, 0.15) is 23.7 Å². The lowest BCUT2D eigenvalue weighted by molar-refractivity contribution is -0.141. The molecule has 0 bridgehead atoms. The number of halogens is 3. The van der Waals surface area contributed by atoms with E-state index in [1.54, 1.807) is 6.92 Å². The largest absolute Gasteiger partial charge is 0.466 e. The Morgan fingerprint density at radius 3 is 2.65 bits per heavy atom. The predicted molar refractivity (Wildman–Crippen MR) is 59.8 cm³/mol. The smallest absolute Gasteiger partial charge is 0.313 e. The minimum absolute atomic E-state index is 0.140. The van der Waals surface area contributed by atoms with Crippen LogP contribution in [-0.2, 0) is 9.53 Å². The lowest BCUT2D eigenvalue weighted by Gasteiger charge is -2.04. The molecule has 0 aliphatic carbocycles. The molecule has 0 radical (unpaired) electrons. The van der Waals surface area contributed by atoms with Crippen LogP contribution in [0.25, 0.3) is 0 Å². The molecule has 7 heteroatoms. The Morgan fingerprint density at radius 2 is 2.12 bits per heavy atom. The van der Waals surface area contributed by atoms with E-state index in [0.29, 0.717) is 0 Å². The van der Waals surface area contributed by atoms with Gasteiger partial charge in [0.15, 0.2) is 5.78 Å². The number of carbonyl (C=O) groups excluding carboxylic acids is 2. The molecule has 0 N–H and O–H groups in total. The number of Topliss-reactive ketones (excluding diaryl/α,β-unsaturated/α-hetero) is 1. The highest BCUT2D eigenvalue weighted by Crippen LogP contribution is 2.22. The minimum Gasteiger partial charge on any atom is -0.466 e. The topological polar surface area (TPSA) is 56.3 Å². The summed E-state index contributed by atoms with van der Waals surface area (Å²) in [4.78, 5) is 26.2. The standard InChI is InChI=1S/C10H8Cl2FNO3/c1-2-17-8(16)4-6(15)9-5(13)3-7(11)14-10(9)12/h3H,2,4H2,1H3. The van der Waals surface area contributed by atoms with Crippen molar-refractivity contribution in [2.75, 3.05) is 6.61 Å². The molecule has 0 fully saturated rings. The fraction of sp³-hybridized carbons (Fsp3) is 0.300. The van der Waals surface area contributed by atoms with Gasteiger partial charge in [-0.25, -0.2) is 9.37 Å². The van der Waals surface area contributed by atoms with E-state index in [-0.39, 0.29) is 16.9 Å². The van der Waals surface area contributed by atoms with Crippen molar-refractivity contribution < 1.29 is 18.7 Å². The van der Waals surface area contributed by atoms with Crippen molar-refractivity contribution in [2.24, 2.45) is 0 Å². The molecule has 17 heavy (non-hydrogen) atoms. The predicted octanol–water partition coefficient (Wildman–Crippen LogP) is 2.66. The van der Waals surface area contributed by atoms with Crippen LogP contribution in [0.5, 0.6) is 0 Å². The first-order valence-electron chi connectivity index (χ1n) is 4.66. The van der Waals surface area contributed by atoms with Gasteiger partial charge in [0.1, 0.15) is 22.5 Å². The van der Waals surface area contributed by atoms with Crippen molar-refractivity contribution in [1.29, 1.82) is 0 Å². The fourth-order valence-electron chi connectivity index (χ4n) is 1.14. The molecule has 0 aliphatic heterocycles. The van der Waals surface area contributed by atoms with Crippen molar-refractivity contribution >= 4 is 35.0 Å². The number of pyridine rings is 1. The van der Waals surface area contributed by atoms with Crippen LogP contribution in [0.4, 0.5) is 4.39 Å². The van der Waals surface area contributed by atoms with E-state index in [4.69, 9.17) is 23.2 Å². The summed E-state index contributed by atoms with van der Waals surface area (Å²) in [6.45, 7) is 1.74. The minimum atomic E-state index is -0.913. The summed E-state index contributed by atoms with van der Waals surface area (Å²) in [5, 5.41) is -0.538. The van der Waals surface area contributed by atoms with Crippen molar-refractivity contribution in [3.63, 3.8) is 0 Å². The molecule has 1 heterocycles. The molecule has 0 unspecified atom stereocenters. The van der Waals surface area contributed by atoms with Crippen molar-refractivity contribution in [3.8, 4) is 0 Å². The molecule has 0 spiro atoms. The average molecular weight is 280 g/mol. The Labute approximate surface area is 107 Å². The maximum absolute atomic E-state index is 13.4. The van der Waals surface area contributed by atoms with Gasteiger partial charge >= 0.3 is 5.97 Å². The molecule has 0 aliphatic rings. The molecule has 0 aromatic carbocycles. The monoisotopic (exact) mass is 279 g/mol. The summed E-state index contributed by atoms with van der Waals surface area (Å²) in [5.41, 5.74) is -0.455. The second-order valence-electron chi connectivity index (χ2n) is 3.00. The van der Waals surface area contributed by atoms with E-state index in [0.717, 1.165) is 6.07 Å². The van der Waals surface area contributed by atoms with Crippen LogP contribution in [0, 0.1) is 5.82 Å². The molecule has 0 amide bonds. The summed E-state index contributed by atoms with van der Waals surface area (Å²) < 4.78 is 18.0. The molecule has 0 saturated heterocycles. The summed E-state index contributed by atoms with van der Waals surface area (Å²) in [7, 11) is 0. The number of hydrogen-bond donors (Lipinski definition) is 0. The molecular weight excluding hydrogens is 272 g/mol. The first-order chi connectivity index (χ1) is 7.95. The quantitative estimate of drug-likeness (QED) is 0.368. The van der Waals surface area contributed by atoms with Gasteiger partial charge in [0.25, 0.3) is 0 Å². The number of nitrogens with zero attached hydrogens (tertiary/aromatic N) is 1. The number of esters is 1. The molecular formula is C10H8Cl2FNO3. The second kappa shape index (κ2) is 5.93. The Balaban J connectivity index is 2.93. The van der Waals surface area contributed by atoms with E-state index in [2.05, 4.69) is 9.72 Å². The molecule has 0 atom stereocenters. The summed E-state index contributed by atoms with van der Waals surface area (Å²) in [6, 6.07) is 0.853. The highest BCUT2D eigenvalue weighted by molar-refractivity contribution is 6.35. The van der Waals surface area contributed by atoms with E-state index in [1.165, 1.54) is 0 Å². The Bertz CT molecular complexity index is 442. The van der Waals surface area contributed by atoms with Gasteiger partial charge in [-0.05, 0) is 6.92 Å². The molecule has 0 saturated carbocycles. The first kappa shape index (κ1) is 13.9. The molecule has 4 nitrogen and oxygen atoms in total. The summed E-state index contributed by atoms with van der Waals surface area (Å²) in [5.74, 6) is -2.46. The van der Waals surface area contributed by atoms with Crippen molar-refractivity contribution in [3.05, 3.63) is 27.8 Å². The lowest BCUT2D eigenvalue weighted by atomic mass is 10.1. The average Bonchev–Trinajstić information content (AvgIpc) is 2.15. The molecule has 1 aromatic rings. The van der Waals surface area contributed by atoms with E-state index < -0.39 is 29.6 Å². The SMILES string of the molecule is CCOC(=O)CC(=O)c1c(F)cc(Cl)nc1Cl. The highest BCUT2D eigenvalue weighted by atomic mass is 35.5. The van der Waals surface area contributed by atoms with Gasteiger partial charge in [-0.2, -0.15) is 0 Å². The van der Waals surface area contributed by atoms with Crippen molar-refractivity contribution in [1.82, 2.24) is 4.98 Å². The molecule has 1 aromatic heterocycles. The van der Waals surface area contributed by atoms with Gasteiger partial charge < -0.3 is 4.74 Å². The van der Waals surface area contributed by atoms with Crippen LogP contribution in [0.3, 0.4) is 0 Å². The third-order valence-corrected chi connectivity index (χ3v) is 2.25. The summed E-state index contributed by atoms with van der Waals surface area (Å²) in [6.07, 6.45) is -0.589. The maximum Gasteiger partial charge on any atom is 0.313 e. The summed E-state index contributed by atoms with van der Waals surface area (Å²) >= 11 is 11.0. The number of hydrogen-bond acceptors (Lipinski definition) is 4. The van der Waals surface area contributed by atoms with Gasteiger partial charge in [0.2, 0.25) is 0 Å². The third-order valence-electron chi connectivity index (χ3n) is 1.78. The van der Waals surface area contributed by atoms with E-state index in [1.807, 2.05) is 0 Å². The Kier molecular flexibility index (Phi) is 4.84. The zero-order valence-electron chi connectivity index (χ0n) is 8.80. The van der Waals surface area contributed by atoms with Gasteiger partial charge in [0, 0.05) is 6.07 Å². The van der Waals surface area contributed by atoms with Crippen LogP contribution in [0.2, 0.25) is 10.3 Å². The Hall–Kier alpha value is -1.20. The fourth-order valence-corrected chi connectivity index (χ4v) is 1.65. The van der Waals surface area contributed by atoms with Gasteiger partial charge in [0.05, 0.1) is 12.2 Å². The number of ether oxygens (including phenoxy) is 1. The Morgan fingerprint density at radius 1 is 1.47 bits per heavy atom. The van der Waals surface area contributed by atoms with Gasteiger partial charge in [-0.1, -0.05) is 23.2 Å². The van der Waals surface area contributed by atoms with Crippen LogP contribution in [-0.4, -0.2) is 23.3 Å². The lowest BCUT2D eigenvalue weighted by Crippen LogP contribution is -2.13. The van der Waals surface area contributed by atoms with Crippen LogP contribution < -0.4 is 0 Å². The number of rotatable bonds is 4.